The van der Waals surface area contributed by atoms with Crippen LogP contribution in [-0.2, 0) is 4.79 Å². The first-order valence-electron chi connectivity index (χ1n) is 7.30. The van der Waals surface area contributed by atoms with E-state index in [0.29, 0.717) is 6.54 Å². The van der Waals surface area contributed by atoms with Crippen molar-refractivity contribution in [1.82, 2.24) is 10.3 Å². The first-order chi connectivity index (χ1) is 10.8. The molecule has 5 heteroatoms. The molecule has 0 aliphatic rings. The van der Waals surface area contributed by atoms with E-state index in [1.807, 2.05) is 36.4 Å². The number of amides is 1. The maximum atomic E-state index is 11.7. The van der Waals surface area contributed by atoms with Crippen LogP contribution in [0.5, 0.6) is 0 Å². The lowest BCUT2D eigenvalue weighted by Gasteiger charge is -2.02. The number of hydrogen-bond acceptors (Lipinski definition) is 4. The number of fused-ring (bicyclic) bond motifs is 1. The summed E-state index contributed by atoms with van der Waals surface area (Å²) in [5, 5.41) is 12.6. The zero-order chi connectivity index (χ0) is 15.6. The van der Waals surface area contributed by atoms with Gasteiger partial charge in [0.05, 0.1) is 11.2 Å². The number of aliphatic hydroxyl groups excluding tert-OH is 1. The Morgan fingerprint density at radius 2 is 2.09 bits per heavy atom. The van der Waals surface area contributed by atoms with E-state index in [2.05, 4.69) is 10.3 Å². The van der Waals surface area contributed by atoms with Crippen molar-refractivity contribution in [3.8, 4) is 0 Å². The minimum absolute atomic E-state index is 0.113. The number of thioether (sulfide) groups is 1. The van der Waals surface area contributed by atoms with E-state index in [0.717, 1.165) is 34.5 Å². The molecule has 0 fully saturated rings. The summed E-state index contributed by atoms with van der Waals surface area (Å²) in [4.78, 5) is 16.2. The summed E-state index contributed by atoms with van der Waals surface area (Å²) in [5.74, 6) is 1.66. The van der Waals surface area contributed by atoms with Gasteiger partial charge >= 0.3 is 0 Å². The molecule has 0 unspecified atom stereocenters. The van der Waals surface area contributed by atoms with Crippen molar-refractivity contribution >= 4 is 34.6 Å². The highest BCUT2D eigenvalue weighted by Crippen LogP contribution is 2.12. The Kier molecular flexibility index (Phi) is 6.93. The molecule has 4 nitrogen and oxygen atoms in total. The SMILES string of the molecule is O=C(/C=C/c1ccc2ccccc2n1)NCCSCCCO. The lowest BCUT2D eigenvalue weighted by atomic mass is 10.2. The molecule has 0 atom stereocenters. The molecule has 2 aromatic rings. The number of nitrogens with zero attached hydrogens (tertiary/aromatic N) is 1. The number of hydrogen-bond donors (Lipinski definition) is 2. The van der Waals surface area contributed by atoms with Gasteiger partial charge in [-0.15, -0.1) is 0 Å². The topological polar surface area (TPSA) is 62.2 Å². The average molecular weight is 316 g/mol. The van der Waals surface area contributed by atoms with E-state index in [1.54, 1.807) is 17.8 Å². The summed E-state index contributed by atoms with van der Waals surface area (Å²) < 4.78 is 0. The summed E-state index contributed by atoms with van der Waals surface area (Å²) in [6.07, 6.45) is 4.03. The van der Waals surface area contributed by atoms with Gasteiger partial charge in [0.15, 0.2) is 0 Å². The largest absolute Gasteiger partial charge is 0.396 e. The average Bonchev–Trinajstić information content (AvgIpc) is 2.56. The molecule has 1 aromatic carbocycles. The Hall–Kier alpha value is -1.85. The van der Waals surface area contributed by atoms with Gasteiger partial charge in [0.25, 0.3) is 0 Å². The van der Waals surface area contributed by atoms with Crippen LogP contribution in [0.4, 0.5) is 0 Å². The van der Waals surface area contributed by atoms with E-state index in [9.17, 15) is 4.79 Å². The molecule has 0 saturated carbocycles. The highest BCUT2D eigenvalue weighted by atomic mass is 32.2. The number of carbonyl (C=O) groups is 1. The van der Waals surface area contributed by atoms with Gasteiger partial charge in [0.2, 0.25) is 5.91 Å². The smallest absolute Gasteiger partial charge is 0.244 e. The monoisotopic (exact) mass is 316 g/mol. The third-order valence-corrected chi connectivity index (χ3v) is 4.09. The van der Waals surface area contributed by atoms with Crippen LogP contribution < -0.4 is 5.32 Å². The fraction of sp³-hybridized carbons (Fsp3) is 0.294. The van der Waals surface area contributed by atoms with Crippen LogP contribution in [0.15, 0.2) is 42.5 Å². The summed E-state index contributed by atoms with van der Waals surface area (Å²) >= 11 is 1.72. The second-order valence-corrected chi connectivity index (χ2v) is 5.97. The van der Waals surface area contributed by atoms with Crippen molar-refractivity contribution in [2.45, 2.75) is 6.42 Å². The van der Waals surface area contributed by atoms with Crippen LogP contribution in [0.1, 0.15) is 12.1 Å². The summed E-state index contributed by atoms with van der Waals surface area (Å²) in [5.41, 5.74) is 1.69. The Labute approximate surface area is 134 Å². The summed E-state index contributed by atoms with van der Waals surface area (Å²) in [6.45, 7) is 0.852. The van der Waals surface area contributed by atoms with E-state index in [1.165, 1.54) is 6.08 Å². The number of para-hydroxylation sites is 1. The molecule has 0 saturated heterocycles. The van der Waals surface area contributed by atoms with Crippen molar-refractivity contribution < 1.29 is 9.90 Å². The Morgan fingerprint density at radius 3 is 2.95 bits per heavy atom. The number of benzene rings is 1. The molecule has 2 N–H and O–H groups in total. The number of pyridine rings is 1. The molecule has 1 heterocycles. The highest BCUT2D eigenvalue weighted by molar-refractivity contribution is 7.99. The maximum absolute atomic E-state index is 11.7. The zero-order valence-corrected chi connectivity index (χ0v) is 13.2. The predicted octanol–water partition coefficient (Wildman–Crippen LogP) is 2.48. The van der Waals surface area contributed by atoms with E-state index in [-0.39, 0.29) is 12.5 Å². The third kappa shape index (κ3) is 5.50. The van der Waals surface area contributed by atoms with Gasteiger partial charge in [0, 0.05) is 30.4 Å². The summed E-state index contributed by atoms with van der Waals surface area (Å²) in [6, 6.07) is 11.8. The van der Waals surface area contributed by atoms with Gasteiger partial charge in [-0.1, -0.05) is 24.3 Å². The number of carbonyl (C=O) groups excluding carboxylic acids is 1. The molecule has 0 aliphatic carbocycles. The van der Waals surface area contributed by atoms with Crippen LogP contribution >= 0.6 is 11.8 Å². The minimum Gasteiger partial charge on any atom is -0.396 e. The lowest BCUT2D eigenvalue weighted by Crippen LogP contribution is -2.23. The summed E-state index contributed by atoms with van der Waals surface area (Å²) in [7, 11) is 0. The van der Waals surface area contributed by atoms with E-state index >= 15 is 0 Å². The quantitative estimate of drug-likeness (QED) is 0.580. The second kappa shape index (κ2) is 9.23. The zero-order valence-electron chi connectivity index (χ0n) is 12.4. The van der Waals surface area contributed by atoms with Gasteiger partial charge in [-0.3, -0.25) is 4.79 Å². The van der Waals surface area contributed by atoms with Gasteiger partial charge in [-0.2, -0.15) is 11.8 Å². The van der Waals surface area contributed by atoms with Gasteiger partial charge in [-0.25, -0.2) is 4.98 Å². The van der Waals surface area contributed by atoms with Crippen molar-refractivity contribution in [3.63, 3.8) is 0 Å². The number of aromatic nitrogens is 1. The van der Waals surface area contributed by atoms with Gasteiger partial charge in [-0.05, 0) is 30.4 Å². The molecular weight excluding hydrogens is 296 g/mol. The van der Waals surface area contributed by atoms with E-state index < -0.39 is 0 Å². The first-order valence-corrected chi connectivity index (χ1v) is 8.45. The first kappa shape index (κ1) is 16.5. The maximum Gasteiger partial charge on any atom is 0.244 e. The minimum atomic E-state index is -0.113. The lowest BCUT2D eigenvalue weighted by molar-refractivity contribution is -0.116. The van der Waals surface area contributed by atoms with Crippen molar-refractivity contribution in [2.75, 3.05) is 24.7 Å². The molecule has 1 aromatic heterocycles. The van der Waals surface area contributed by atoms with Gasteiger partial charge < -0.3 is 10.4 Å². The fourth-order valence-electron chi connectivity index (χ4n) is 1.91. The highest BCUT2D eigenvalue weighted by Gasteiger charge is 1.97. The van der Waals surface area contributed by atoms with Crippen molar-refractivity contribution in [1.29, 1.82) is 0 Å². The van der Waals surface area contributed by atoms with E-state index in [4.69, 9.17) is 5.11 Å². The molecule has 0 spiro atoms. The number of rotatable bonds is 8. The Morgan fingerprint density at radius 1 is 1.23 bits per heavy atom. The molecule has 22 heavy (non-hydrogen) atoms. The number of aliphatic hydroxyl groups is 1. The van der Waals surface area contributed by atoms with Crippen molar-refractivity contribution in [2.24, 2.45) is 0 Å². The molecule has 1 amide bonds. The molecule has 116 valence electrons. The standard InChI is InChI=1S/C17H20N2O2S/c20-11-3-12-22-13-10-18-17(21)9-8-15-7-6-14-4-1-2-5-16(14)19-15/h1-2,4-9,20H,3,10-13H2,(H,18,21)/b9-8+. The third-order valence-electron chi connectivity index (χ3n) is 3.02. The van der Waals surface area contributed by atoms with Crippen LogP contribution in [-0.4, -0.2) is 40.7 Å². The molecule has 0 bridgehead atoms. The Bertz CT molecular complexity index is 643. The van der Waals surface area contributed by atoms with Crippen LogP contribution in [0.3, 0.4) is 0 Å². The molecule has 2 rings (SSSR count). The Balaban J connectivity index is 1.78. The van der Waals surface area contributed by atoms with Crippen LogP contribution in [0, 0.1) is 0 Å². The normalized spacial score (nSPS) is 11.1. The molecule has 0 aliphatic heterocycles. The molecular formula is C17H20N2O2S. The molecule has 0 radical (unpaired) electrons. The number of nitrogens with one attached hydrogen (secondary N) is 1. The van der Waals surface area contributed by atoms with Crippen molar-refractivity contribution in [3.05, 3.63) is 48.2 Å². The van der Waals surface area contributed by atoms with Gasteiger partial charge in [0.1, 0.15) is 0 Å². The fourth-order valence-corrected chi connectivity index (χ4v) is 2.69. The predicted molar refractivity (Wildman–Crippen MR) is 92.8 cm³/mol. The van der Waals surface area contributed by atoms with Crippen LogP contribution in [0.2, 0.25) is 0 Å². The van der Waals surface area contributed by atoms with Crippen LogP contribution in [0.25, 0.3) is 17.0 Å². The second-order valence-electron chi connectivity index (χ2n) is 4.74.